The van der Waals surface area contributed by atoms with Gasteiger partial charge < -0.3 is 15.0 Å². The van der Waals surface area contributed by atoms with E-state index in [9.17, 15) is 4.39 Å². The molecular formula is C26H26FN9O. The predicted octanol–water partition coefficient (Wildman–Crippen LogP) is 4.48. The average Bonchev–Trinajstić information content (AvgIpc) is 3.36. The molecule has 37 heavy (non-hydrogen) atoms. The number of hydrogen-bond acceptors (Lipinski definition) is 9. The number of nitrogens with one attached hydrogen (secondary N) is 1. The Morgan fingerprint density at radius 1 is 1.08 bits per heavy atom. The van der Waals surface area contributed by atoms with Crippen LogP contribution in [0.3, 0.4) is 0 Å². The summed E-state index contributed by atoms with van der Waals surface area (Å²) >= 11 is 0. The zero-order chi connectivity index (χ0) is 25.7. The van der Waals surface area contributed by atoms with Crippen molar-refractivity contribution in [3.05, 3.63) is 67.1 Å². The Bertz CT molecular complexity index is 1610. The maximum absolute atomic E-state index is 15.0. The fraction of sp³-hybridized carbons (Fsp3) is 0.269. The third kappa shape index (κ3) is 3.87. The Balaban J connectivity index is 1.27. The highest BCUT2D eigenvalue weighted by molar-refractivity contribution is 5.88. The molecule has 10 nitrogen and oxygen atoms in total. The molecule has 11 heteroatoms. The van der Waals surface area contributed by atoms with Crippen molar-refractivity contribution in [3.63, 3.8) is 0 Å². The molecule has 0 bridgehead atoms. The summed E-state index contributed by atoms with van der Waals surface area (Å²) in [6.45, 7) is 5.35. The first-order valence-corrected chi connectivity index (χ1v) is 11.9. The largest absolute Gasteiger partial charge is 0.454 e. The quantitative estimate of drug-likeness (QED) is 0.363. The Kier molecular flexibility index (Phi) is 5.37. The van der Waals surface area contributed by atoms with E-state index in [0.29, 0.717) is 39.9 Å². The monoisotopic (exact) mass is 499 g/mol. The average molecular weight is 500 g/mol. The lowest BCUT2D eigenvalue weighted by molar-refractivity contribution is 0.0375. The smallest absolute Gasteiger partial charge is 0.167 e. The molecule has 6 rings (SSSR count). The van der Waals surface area contributed by atoms with Crippen LogP contribution in [0, 0.1) is 11.7 Å². The van der Waals surface area contributed by atoms with Crippen LogP contribution in [0.25, 0.3) is 16.7 Å². The van der Waals surface area contributed by atoms with Gasteiger partial charge in [0.05, 0.1) is 11.2 Å². The van der Waals surface area contributed by atoms with E-state index in [1.807, 2.05) is 12.1 Å². The molecule has 5 aromatic rings. The zero-order valence-electron chi connectivity index (χ0n) is 20.9. The topological polar surface area (TPSA) is 96.6 Å². The molecule has 2 unspecified atom stereocenters. The third-order valence-electron chi connectivity index (χ3n) is 7.26. The zero-order valence-corrected chi connectivity index (χ0v) is 20.9. The first-order valence-electron chi connectivity index (χ1n) is 11.9. The highest BCUT2D eigenvalue weighted by Crippen LogP contribution is 2.41. The number of benzene rings is 1. The van der Waals surface area contributed by atoms with E-state index in [-0.39, 0.29) is 11.4 Å². The number of ether oxygens (including phenoxy) is 1. The van der Waals surface area contributed by atoms with Gasteiger partial charge in [-0.1, -0.05) is 6.92 Å². The van der Waals surface area contributed by atoms with Crippen molar-refractivity contribution in [2.45, 2.75) is 19.5 Å². The van der Waals surface area contributed by atoms with Crippen LogP contribution in [0.1, 0.15) is 13.8 Å². The second-order valence-electron chi connectivity index (χ2n) is 9.56. The molecule has 1 aliphatic rings. The Morgan fingerprint density at radius 3 is 2.73 bits per heavy atom. The van der Waals surface area contributed by atoms with Gasteiger partial charge >= 0.3 is 0 Å². The molecule has 5 heterocycles. The van der Waals surface area contributed by atoms with Crippen molar-refractivity contribution in [1.82, 2.24) is 34.4 Å². The maximum Gasteiger partial charge on any atom is 0.167 e. The molecular weight excluding hydrogens is 473 g/mol. The number of fused-ring (bicyclic) bond motifs is 2. The van der Waals surface area contributed by atoms with E-state index in [4.69, 9.17) is 9.72 Å². The van der Waals surface area contributed by atoms with E-state index in [1.54, 1.807) is 35.0 Å². The van der Waals surface area contributed by atoms with Gasteiger partial charge in [-0.3, -0.25) is 4.90 Å². The van der Waals surface area contributed by atoms with E-state index >= 15 is 0 Å². The molecule has 1 N–H and O–H groups in total. The molecule has 0 amide bonds. The SMILES string of the molecule is CC1CN(c2ccc3ncnc(Nc4ccc(Oc5ccn6ncnc6c5)c(F)c4)c3n2)C1(C)N(C)C. The summed E-state index contributed by atoms with van der Waals surface area (Å²) in [5, 5.41) is 7.24. The third-order valence-corrected chi connectivity index (χ3v) is 7.26. The Labute approximate surface area is 212 Å². The van der Waals surface area contributed by atoms with E-state index in [2.05, 4.69) is 63.1 Å². The van der Waals surface area contributed by atoms with Crippen molar-refractivity contribution in [3.8, 4) is 11.5 Å². The van der Waals surface area contributed by atoms with Gasteiger partial charge in [0.2, 0.25) is 0 Å². The van der Waals surface area contributed by atoms with Gasteiger partial charge in [-0.15, -0.1) is 0 Å². The molecule has 1 fully saturated rings. The van der Waals surface area contributed by atoms with Crippen molar-refractivity contribution < 1.29 is 9.13 Å². The summed E-state index contributed by atoms with van der Waals surface area (Å²) < 4.78 is 22.3. The lowest BCUT2D eigenvalue weighted by atomic mass is 9.83. The van der Waals surface area contributed by atoms with E-state index < -0.39 is 5.82 Å². The van der Waals surface area contributed by atoms with Crippen LogP contribution in [0.15, 0.2) is 61.3 Å². The Morgan fingerprint density at radius 2 is 1.95 bits per heavy atom. The van der Waals surface area contributed by atoms with Gasteiger partial charge in [-0.2, -0.15) is 5.10 Å². The van der Waals surface area contributed by atoms with Crippen LogP contribution in [0.2, 0.25) is 0 Å². The molecule has 2 atom stereocenters. The molecule has 4 aromatic heterocycles. The standard InChI is InChI=1S/C26H26FN9O/c1-16-13-35(26(16,2)34(3)4)22-8-6-20-24(33-22)25(30-14-28-20)32-17-5-7-21(19(27)11-17)37-18-9-10-36-23(12-18)29-15-31-36/h5-12,14-16H,13H2,1-4H3,(H,28,30,32). The number of pyridine rings is 2. The van der Waals surface area contributed by atoms with Gasteiger partial charge in [0.15, 0.2) is 23.0 Å². The second kappa shape index (κ2) is 8.63. The highest BCUT2D eigenvalue weighted by atomic mass is 19.1. The molecule has 1 aromatic carbocycles. The molecule has 0 spiro atoms. The first kappa shape index (κ1) is 23.0. The van der Waals surface area contributed by atoms with E-state index in [0.717, 1.165) is 12.4 Å². The second-order valence-corrected chi connectivity index (χ2v) is 9.56. The van der Waals surface area contributed by atoms with Crippen LogP contribution in [-0.2, 0) is 0 Å². The number of rotatable bonds is 6. The molecule has 1 saturated heterocycles. The number of hydrogen-bond donors (Lipinski definition) is 1. The fourth-order valence-corrected chi connectivity index (χ4v) is 4.75. The molecule has 0 saturated carbocycles. The molecule has 0 radical (unpaired) electrons. The number of aromatic nitrogens is 6. The van der Waals surface area contributed by atoms with Crippen molar-refractivity contribution in [1.29, 1.82) is 0 Å². The molecule has 1 aliphatic heterocycles. The lowest BCUT2D eigenvalue weighted by Gasteiger charge is -2.59. The van der Waals surface area contributed by atoms with Crippen molar-refractivity contribution in [2.75, 3.05) is 30.9 Å². The summed E-state index contributed by atoms with van der Waals surface area (Å²) in [6, 6.07) is 12.0. The minimum absolute atomic E-state index is 0.0947. The predicted molar refractivity (Wildman–Crippen MR) is 139 cm³/mol. The summed E-state index contributed by atoms with van der Waals surface area (Å²) in [6.07, 6.45) is 4.62. The van der Waals surface area contributed by atoms with Gasteiger partial charge in [-0.25, -0.2) is 28.8 Å². The van der Waals surface area contributed by atoms with Gasteiger partial charge in [0.25, 0.3) is 0 Å². The number of nitrogens with zero attached hydrogens (tertiary/aromatic N) is 8. The minimum Gasteiger partial charge on any atom is -0.454 e. The van der Waals surface area contributed by atoms with E-state index in [1.165, 1.54) is 18.7 Å². The van der Waals surface area contributed by atoms with Crippen LogP contribution in [0.4, 0.5) is 21.7 Å². The minimum atomic E-state index is -0.519. The van der Waals surface area contributed by atoms with Gasteiger partial charge in [-0.05, 0) is 51.4 Å². The van der Waals surface area contributed by atoms with Gasteiger partial charge in [0, 0.05) is 36.5 Å². The van der Waals surface area contributed by atoms with Crippen molar-refractivity contribution in [2.24, 2.45) is 5.92 Å². The van der Waals surface area contributed by atoms with Crippen LogP contribution in [0.5, 0.6) is 11.5 Å². The summed E-state index contributed by atoms with van der Waals surface area (Å²) in [4.78, 5) is 22.3. The van der Waals surface area contributed by atoms with Crippen LogP contribution in [-0.4, -0.2) is 60.8 Å². The Hall–Kier alpha value is -4.38. The lowest BCUT2D eigenvalue weighted by Crippen LogP contribution is -2.71. The summed E-state index contributed by atoms with van der Waals surface area (Å²) in [7, 11) is 4.16. The first-order chi connectivity index (χ1) is 17.8. The summed E-state index contributed by atoms with van der Waals surface area (Å²) in [5.41, 5.74) is 2.30. The maximum atomic E-state index is 15.0. The molecule has 188 valence electrons. The van der Waals surface area contributed by atoms with Crippen LogP contribution < -0.4 is 15.0 Å². The fourth-order valence-electron chi connectivity index (χ4n) is 4.75. The number of halogens is 1. The van der Waals surface area contributed by atoms with Crippen molar-refractivity contribution >= 4 is 34.0 Å². The molecule has 0 aliphatic carbocycles. The number of anilines is 3. The van der Waals surface area contributed by atoms with Crippen LogP contribution >= 0.6 is 0 Å². The normalized spacial score (nSPS) is 19.4. The highest BCUT2D eigenvalue weighted by Gasteiger charge is 2.49. The van der Waals surface area contributed by atoms with Gasteiger partial charge in [0.1, 0.15) is 29.7 Å². The summed E-state index contributed by atoms with van der Waals surface area (Å²) in [5.74, 6) is 1.87.